The fraction of sp³-hybridized carbons (Fsp3) is 0.667. The molecule has 0 aromatic carbocycles. The average Bonchev–Trinajstić information content (AvgIpc) is 2.77. The maximum atomic E-state index is 6.06. The summed E-state index contributed by atoms with van der Waals surface area (Å²) in [4.78, 5) is 4.45. The molecular weight excluding hydrogens is 230 g/mol. The molecule has 1 aliphatic carbocycles. The van der Waals surface area contributed by atoms with E-state index in [1.54, 1.807) is 7.11 Å². The van der Waals surface area contributed by atoms with Crippen molar-refractivity contribution in [3.05, 3.63) is 5.69 Å². The lowest BCUT2D eigenvalue weighted by Crippen LogP contribution is -2.33. The molecule has 0 bridgehead atoms. The minimum Gasteiger partial charge on any atom is -0.381 e. The Kier molecular flexibility index (Phi) is 2.55. The molecule has 2 aromatic heterocycles. The number of fused-ring (bicyclic) bond motifs is 1. The van der Waals surface area contributed by atoms with Gasteiger partial charge < -0.3 is 10.5 Å². The standard InChI is InChI=1S/C12H19N5O/c1-4-16-11-10(7(2)15-16)14-12(13)17(11)8-5-9(6-8)18-3/h8-9H,4-6H2,1-3H3,(H2,13,14). The number of hydrogen-bond acceptors (Lipinski definition) is 4. The molecule has 0 unspecified atom stereocenters. The summed E-state index contributed by atoms with van der Waals surface area (Å²) < 4.78 is 9.43. The zero-order chi connectivity index (χ0) is 12.9. The SMILES string of the molecule is CCn1nc(C)c2nc(N)n(C3CC(OC)C3)c21. The van der Waals surface area contributed by atoms with Crippen LogP contribution in [-0.2, 0) is 11.3 Å². The Bertz CT molecular complexity index is 579. The van der Waals surface area contributed by atoms with E-state index in [9.17, 15) is 0 Å². The van der Waals surface area contributed by atoms with Gasteiger partial charge in [-0.1, -0.05) is 0 Å². The lowest BCUT2D eigenvalue weighted by atomic mass is 9.89. The van der Waals surface area contributed by atoms with Gasteiger partial charge in [0.2, 0.25) is 5.95 Å². The van der Waals surface area contributed by atoms with Crippen LogP contribution in [0, 0.1) is 6.92 Å². The summed E-state index contributed by atoms with van der Waals surface area (Å²) in [5.41, 5.74) is 8.98. The van der Waals surface area contributed by atoms with Crippen LogP contribution < -0.4 is 5.73 Å². The van der Waals surface area contributed by atoms with Gasteiger partial charge in [0.15, 0.2) is 5.65 Å². The number of aromatic nitrogens is 4. The average molecular weight is 249 g/mol. The smallest absolute Gasteiger partial charge is 0.202 e. The Morgan fingerprint density at radius 2 is 2.17 bits per heavy atom. The number of imidazole rings is 1. The van der Waals surface area contributed by atoms with E-state index in [0.29, 0.717) is 18.1 Å². The lowest BCUT2D eigenvalue weighted by Gasteiger charge is -2.35. The number of aryl methyl sites for hydroxylation is 2. The summed E-state index contributed by atoms with van der Waals surface area (Å²) in [6, 6.07) is 0.390. The maximum Gasteiger partial charge on any atom is 0.202 e. The first-order chi connectivity index (χ1) is 8.65. The highest BCUT2D eigenvalue weighted by atomic mass is 16.5. The zero-order valence-corrected chi connectivity index (χ0v) is 11.1. The van der Waals surface area contributed by atoms with E-state index in [2.05, 4.69) is 21.6 Å². The van der Waals surface area contributed by atoms with Crippen LogP contribution in [0.4, 0.5) is 5.95 Å². The summed E-state index contributed by atoms with van der Waals surface area (Å²) in [6.45, 7) is 4.89. The topological polar surface area (TPSA) is 70.9 Å². The molecule has 0 atom stereocenters. The van der Waals surface area contributed by atoms with Gasteiger partial charge >= 0.3 is 0 Å². The summed E-state index contributed by atoms with van der Waals surface area (Å²) in [7, 11) is 1.76. The van der Waals surface area contributed by atoms with Crippen LogP contribution in [0.1, 0.15) is 31.5 Å². The number of rotatable bonds is 3. The van der Waals surface area contributed by atoms with Crippen LogP contribution >= 0.6 is 0 Å². The number of nitrogens with zero attached hydrogens (tertiary/aromatic N) is 4. The van der Waals surface area contributed by atoms with Crippen LogP contribution in [0.2, 0.25) is 0 Å². The molecule has 1 aliphatic rings. The van der Waals surface area contributed by atoms with Crippen molar-refractivity contribution in [3.8, 4) is 0 Å². The maximum absolute atomic E-state index is 6.06. The summed E-state index contributed by atoms with van der Waals surface area (Å²) in [5.74, 6) is 0.590. The molecule has 0 aliphatic heterocycles. The van der Waals surface area contributed by atoms with E-state index in [0.717, 1.165) is 36.2 Å². The second-order valence-electron chi connectivity index (χ2n) is 4.90. The summed E-state index contributed by atoms with van der Waals surface area (Å²) in [5, 5.41) is 4.50. The lowest BCUT2D eigenvalue weighted by molar-refractivity contribution is 0.00767. The Labute approximate surface area is 106 Å². The minimum absolute atomic E-state index is 0.353. The fourth-order valence-electron chi connectivity index (χ4n) is 2.73. The quantitative estimate of drug-likeness (QED) is 0.894. The highest BCUT2D eigenvalue weighted by Crippen LogP contribution is 2.38. The van der Waals surface area contributed by atoms with Crippen molar-refractivity contribution in [2.45, 2.75) is 45.4 Å². The van der Waals surface area contributed by atoms with Crippen LogP contribution in [0.25, 0.3) is 11.2 Å². The number of methoxy groups -OCH3 is 1. The molecule has 6 nitrogen and oxygen atoms in total. The Balaban J connectivity index is 2.08. The van der Waals surface area contributed by atoms with Gasteiger partial charge in [-0.05, 0) is 26.7 Å². The third-order valence-electron chi connectivity index (χ3n) is 3.84. The van der Waals surface area contributed by atoms with Crippen LogP contribution in [0.15, 0.2) is 0 Å². The van der Waals surface area contributed by atoms with Crippen molar-refractivity contribution >= 4 is 17.1 Å². The van der Waals surface area contributed by atoms with Crippen molar-refractivity contribution in [1.82, 2.24) is 19.3 Å². The number of nitrogen functional groups attached to an aromatic ring is 1. The van der Waals surface area contributed by atoms with E-state index >= 15 is 0 Å². The predicted octanol–water partition coefficient (Wildman–Crippen LogP) is 1.49. The van der Waals surface area contributed by atoms with Crippen LogP contribution in [-0.4, -0.2) is 32.5 Å². The van der Waals surface area contributed by atoms with Crippen molar-refractivity contribution in [2.75, 3.05) is 12.8 Å². The highest BCUT2D eigenvalue weighted by Gasteiger charge is 2.34. The summed E-state index contributed by atoms with van der Waals surface area (Å²) >= 11 is 0. The monoisotopic (exact) mass is 249 g/mol. The fourth-order valence-corrected chi connectivity index (χ4v) is 2.73. The predicted molar refractivity (Wildman–Crippen MR) is 69.4 cm³/mol. The molecule has 2 heterocycles. The molecule has 2 N–H and O–H groups in total. The van der Waals surface area contributed by atoms with Gasteiger partial charge in [0.05, 0.1) is 11.8 Å². The molecule has 1 fully saturated rings. The van der Waals surface area contributed by atoms with E-state index in [-0.39, 0.29) is 0 Å². The number of nitrogens with two attached hydrogens (primary N) is 1. The second-order valence-corrected chi connectivity index (χ2v) is 4.90. The van der Waals surface area contributed by atoms with Gasteiger partial charge in [0.25, 0.3) is 0 Å². The van der Waals surface area contributed by atoms with Crippen molar-refractivity contribution in [3.63, 3.8) is 0 Å². The van der Waals surface area contributed by atoms with Gasteiger partial charge in [-0.25, -0.2) is 9.67 Å². The molecule has 0 spiro atoms. The molecule has 18 heavy (non-hydrogen) atoms. The summed E-state index contributed by atoms with van der Waals surface area (Å²) in [6.07, 6.45) is 2.35. The molecular formula is C12H19N5O. The van der Waals surface area contributed by atoms with Gasteiger partial charge in [-0.15, -0.1) is 0 Å². The largest absolute Gasteiger partial charge is 0.381 e. The number of anilines is 1. The van der Waals surface area contributed by atoms with Gasteiger partial charge in [0.1, 0.15) is 5.52 Å². The van der Waals surface area contributed by atoms with E-state index in [1.807, 2.05) is 11.6 Å². The zero-order valence-electron chi connectivity index (χ0n) is 11.1. The molecule has 3 rings (SSSR count). The van der Waals surface area contributed by atoms with E-state index in [1.165, 1.54) is 0 Å². The normalized spacial score (nSPS) is 23.5. The van der Waals surface area contributed by atoms with Gasteiger partial charge in [-0.3, -0.25) is 4.57 Å². The first-order valence-electron chi connectivity index (χ1n) is 6.39. The minimum atomic E-state index is 0.353. The van der Waals surface area contributed by atoms with E-state index < -0.39 is 0 Å². The third-order valence-corrected chi connectivity index (χ3v) is 3.84. The number of ether oxygens (including phenoxy) is 1. The van der Waals surface area contributed by atoms with E-state index in [4.69, 9.17) is 10.5 Å². The first kappa shape index (κ1) is 11.5. The molecule has 6 heteroatoms. The van der Waals surface area contributed by atoms with Crippen molar-refractivity contribution < 1.29 is 4.74 Å². The Morgan fingerprint density at radius 3 is 2.78 bits per heavy atom. The highest BCUT2D eigenvalue weighted by molar-refractivity contribution is 5.77. The van der Waals surface area contributed by atoms with Gasteiger partial charge in [-0.2, -0.15) is 5.10 Å². The first-order valence-corrected chi connectivity index (χ1v) is 6.39. The molecule has 2 aromatic rings. The molecule has 98 valence electrons. The van der Waals surface area contributed by atoms with Crippen molar-refractivity contribution in [2.24, 2.45) is 0 Å². The second kappa shape index (κ2) is 3.98. The van der Waals surface area contributed by atoms with Crippen molar-refractivity contribution in [1.29, 1.82) is 0 Å². The molecule has 1 saturated carbocycles. The molecule has 0 radical (unpaired) electrons. The molecule has 0 saturated heterocycles. The number of hydrogen-bond donors (Lipinski definition) is 1. The Hall–Kier alpha value is -1.56. The van der Waals surface area contributed by atoms with Gasteiger partial charge in [0, 0.05) is 19.7 Å². The van der Waals surface area contributed by atoms with Crippen LogP contribution in [0.3, 0.4) is 0 Å². The third kappa shape index (κ3) is 1.45. The Morgan fingerprint density at radius 1 is 1.44 bits per heavy atom. The van der Waals surface area contributed by atoms with Crippen LogP contribution in [0.5, 0.6) is 0 Å². The molecule has 0 amide bonds.